The molecule has 1 amide bonds. The van der Waals surface area contributed by atoms with Crippen molar-refractivity contribution in [3.8, 4) is 5.75 Å². The number of guanidine groups is 1. The molecule has 1 atom stereocenters. The van der Waals surface area contributed by atoms with Crippen LogP contribution in [0.15, 0.2) is 23.2 Å². The summed E-state index contributed by atoms with van der Waals surface area (Å²) in [5, 5.41) is 7.35. The first-order chi connectivity index (χ1) is 13.5. The molecule has 0 bridgehead atoms. The van der Waals surface area contributed by atoms with Crippen molar-refractivity contribution in [1.82, 2.24) is 15.5 Å². The lowest BCUT2D eigenvalue weighted by molar-refractivity contribution is -0.123. The molecule has 28 heavy (non-hydrogen) atoms. The van der Waals surface area contributed by atoms with Crippen LogP contribution in [0.5, 0.6) is 5.75 Å². The minimum Gasteiger partial charge on any atom is -0.497 e. The smallest absolute Gasteiger partial charge is 0.221 e. The summed E-state index contributed by atoms with van der Waals surface area (Å²) in [6.07, 6.45) is 3.74. The second kappa shape index (κ2) is 11.8. The maximum Gasteiger partial charge on any atom is 0.221 e. The maximum atomic E-state index is 11.4. The van der Waals surface area contributed by atoms with Crippen molar-refractivity contribution in [1.29, 1.82) is 0 Å². The third kappa shape index (κ3) is 7.20. The molecule has 0 aromatic heterocycles. The van der Waals surface area contributed by atoms with Crippen molar-refractivity contribution in [2.45, 2.75) is 25.7 Å². The number of carbonyl (C=O) groups excluding carboxylic acids is 1. The molecule has 1 unspecified atom stereocenters. The molecule has 1 saturated heterocycles. The number of benzene rings is 1. The molecule has 1 heterocycles. The Morgan fingerprint density at radius 2 is 2.18 bits per heavy atom. The van der Waals surface area contributed by atoms with Crippen molar-refractivity contribution in [2.75, 3.05) is 46.9 Å². The standard InChI is InChI=1S/C20H32ClN5O2/c1-23-20(25-10-8-15-6-7-17(28-2)13-18(15)21)24-9-4-12-26-11-3-5-16(14-26)19(22)27/h6-7,13,16H,3-5,8-12,14H2,1-2H3,(H2,22,27)(H2,23,24,25). The van der Waals surface area contributed by atoms with E-state index in [1.165, 1.54) is 0 Å². The summed E-state index contributed by atoms with van der Waals surface area (Å²) >= 11 is 6.28. The van der Waals surface area contributed by atoms with Gasteiger partial charge in [-0.05, 0) is 56.5 Å². The number of rotatable bonds is 9. The summed E-state index contributed by atoms with van der Waals surface area (Å²) in [5.41, 5.74) is 6.51. The summed E-state index contributed by atoms with van der Waals surface area (Å²) in [6.45, 7) is 4.33. The van der Waals surface area contributed by atoms with Gasteiger partial charge >= 0.3 is 0 Å². The lowest BCUT2D eigenvalue weighted by atomic mass is 9.97. The van der Waals surface area contributed by atoms with Crippen molar-refractivity contribution in [2.24, 2.45) is 16.6 Å². The number of hydrogen-bond donors (Lipinski definition) is 3. The van der Waals surface area contributed by atoms with Gasteiger partial charge in [-0.3, -0.25) is 9.79 Å². The molecule has 2 rings (SSSR count). The Labute approximate surface area is 172 Å². The third-order valence-electron chi connectivity index (χ3n) is 5.02. The minimum absolute atomic E-state index is 0.000852. The molecular formula is C20H32ClN5O2. The minimum atomic E-state index is -0.176. The fourth-order valence-corrected chi connectivity index (χ4v) is 3.66. The number of primary amides is 1. The van der Waals surface area contributed by atoms with E-state index in [2.05, 4.69) is 20.5 Å². The largest absolute Gasteiger partial charge is 0.497 e. The molecule has 1 aliphatic heterocycles. The molecule has 1 aromatic carbocycles. The van der Waals surface area contributed by atoms with Gasteiger partial charge in [-0.25, -0.2) is 0 Å². The van der Waals surface area contributed by atoms with Gasteiger partial charge in [0.05, 0.1) is 13.0 Å². The highest BCUT2D eigenvalue weighted by Crippen LogP contribution is 2.22. The van der Waals surface area contributed by atoms with E-state index in [-0.39, 0.29) is 11.8 Å². The van der Waals surface area contributed by atoms with E-state index in [1.807, 2.05) is 18.2 Å². The maximum absolute atomic E-state index is 11.4. The molecule has 0 radical (unpaired) electrons. The van der Waals surface area contributed by atoms with Gasteiger partial charge in [0.1, 0.15) is 5.75 Å². The Hall–Kier alpha value is -1.99. The Morgan fingerprint density at radius 3 is 2.86 bits per heavy atom. The third-order valence-corrected chi connectivity index (χ3v) is 5.37. The van der Waals surface area contributed by atoms with Gasteiger partial charge in [-0.2, -0.15) is 0 Å². The molecule has 8 heteroatoms. The number of nitrogens with two attached hydrogens (primary N) is 1. The number of likely N-dealkylation sites (tertiary alicyclic amines) is 1. The number of amides is 1. The summed E-state index contributed by atoms with van der Waals surface area (Å²) in [5.74, 6) is 1.36. The Balaban J connectivity index is 1.64. The summed E-state index contributed by atoms with van der Waals surface area (Å²) in [4.78, 5) is 17.9. The van der Waals surface area contributed by atoms with Gasteiger partial charge in [-0.1, -0.05) is 17.7 Å². The Bertz CT molecular complexity index is 668. The molecular weight excluding hydrogens is 378 g/mol. The summed E-state index contributed by atoms with van der Waals surface area (Å²) in [7, 11) is 3.39. The topological polar surface area (TPSA) is 92.0 Å². The van der Waals surface area contributed by atoms with Gasteiger partial charge < -0.3 is 26.0 Å². The number of ether oxygens (including phenoxy) is 1. The van der Waals surface area contributed by atoms with Crippen LogP contribution >= 0.6 is 11.6 Å². The molecule has 156 valence electrons. The van der Waals surface area contributed by atoms with Crippen molar-refractivity contribution in [3.05, 3.63) is 28.8 Å². The molecule has 0 spiro atoms. The predicted molar refractivity (Wildman–Crippen MR) is 114 cm³/mol. The Morgan fingerprint density at radius 1 is 1.39 bits per heavy atom. The van der Waals surface area contributed by atoms with Gasteiger partial charge in [-0.15, -0.1) is 0 Å². The van der Waals surface area contributed by atoms with Crippen molar-refractivity contribution in [3.63, 3.8) is 0 Å². The molecule has 1 fully saturated rings. The number of methoxy groups -OCH3 is 1. The normalized spacial score (nSPS) is 18.0. The second-order valence-corrected chi connectivity index (χ2v) is 7.44. The van der Waals surface area contributed by atoms with E-state index in [9.17, 15) is 4.79 Å². The van der Waals surface area contributed by atoms with E-state index >= 15 is 0 Å². The average Bonchev–Trinajstić information content (AvgIpc) is 2.70. The van der Waals surface area contributed by atoms with E-state index in [1.54, 1.807) is 14.2 Å². The average molecular weight is 410 g/mol. The number of hydrogen-bond acceptors (Lipinski definition) is 4. The number of halogens is 1. The first-order valence-electron chi connectivity index (χ1n) is 9.82. The van der Waals surface area contributed by atoms with Crippen LogP contribution in [0.1, 0.15) is 24.8 Å². The number of nitrogens with zero attached hydrogens (tertiary/aromatic N) is 2. The summed E-state index contributed by atoms with van der Waals surface area (Å²) < 4.78 is 5.17. The van der Waals surface area contributed by atoms with Crippen LogP contribution in [0.2, 0.25) is 5.02 Å². The van der Waals surface area contributed by atoms with Gasteiger partial charge in [0.15, 0.2) is 5.96 Å². The molecule has 4 N–H and O–H groups in total. The van der Waals surface area contributed by atoms with Crippen molar-refractivity contribution >= 4 is 23.5 Å². The van der Waals surface area contributed by atoms with Gasteiger partial charge in [0.25, 0.3) is 0 Å². The van der Waals surface area contributed by atoms with Crippen LogP contribution in [0.25, 0.3) is 0 Å². The molecule has 1 aromatic rings. The fourth-order valence-electron chi connectivity index (χ4n) is 3.39. The Kier molecular flexibility index (Phi) is 9.37. The quantitative estimate of drug-likeness (QED) is 0.327. The number of carbonyl (C=O) groups is 1. The fraction of sp³-hybridized carbons (Fsp3) is 0.600. The van der Waals surface area contributed by atoms with E-state index in [0.29, 0.717) is 5.02 Å². The van der Waals surface area contributed by atoms with Crippen LogP contribution in [0.4, 0.5) is 0 Å². The van der Waals surface area contributed by atoms with Crippen LogP contribution in [0.3, 0.4) is 0 Å². The van der Waals surface area contributed by atoms with E-state index < -0.39 is 0 Å². The second-order valence-electron chi connectivity index (χ2n) is 7.03. The van der Waals surface area contributed by atoms with Crippen molar-refractivity contribution < 1.29 is 9.53 Å². The summed E-state index contributed by atoms with van der Waals surface area (Å²) in [6, 6.07) is 5.72. The van der Waals surface area contributed by atoms with Crippen LogP contribution in [0, 0.1) is 5.92 Å². The molecule has 1 aliphatic rings. The van der Waals surface area contributed by atoms with E-state index in [0.717, 1.165) is 75.7 Å². The molecule has 0 aliphatic carbocycles. The SMILES string of the molecule is CN=C(NCCCN1CCCC(C(N)=O)C1)NCCc1ccc(OC)cc1Cl. The monoisotopic (exact) mass is 409 g/mol. The van der Waals surface area contributed by atoms with Crippen LogP contribution in [-0.2, 0) is 11.2 Å². The van der Waals surface area contributed by atoms with Gasteiger partial charge in [0.2, 0.25) is 5.91 Å². The number of nitrogens with one attached hydrogen (secondary N) is 2. The highest BCUT2D eigenvalue weighted by Gasteiger charge is 2.23. The highest BCUT2D eigenvalue weighted by atomic mass is 35.5. The highest BCUT2D eigenvalue weighted by molar-refractivity contribution is 6.31. The number of piperidine rings is 1. The van der Waals surface area contributed by atoms with E-state index in [4.69, 9.17) is 22.1 Å². The van der Waals surface area contributed by atoms with Gasteiger partial charge in [0, 0.05) is 31.7 Å². The zero-order valence-corrected chi connectivity index (χ0v) is 17.6. The lowest BCUT2D eigenvalue weighted by Crippen LogP contribution is -2.43. The van der Waals surface area contributed by atoms with Crippen LogP contribution < -0.4 is 21.1 Å². The number of aliphatic imine (C=N–C) groups is 1. The lowest BCUT2D eigenvalue weighted by Gasteiger charge is -2.31. The molecule has 0 saturated carbocycles. The first-order valence-corrected chi connectivity index (χ1v) is 10.2. The first kappa shape index (κ1) is 22.3. The zero-order chi connectivity index (χ0) is 20.4. The van der Waals surface area contributed by atoms with Crippen LogP contribution in [-0.4, -0.2) is 63.6 Å². The predicted octanol–water partition coefficient (Wildman–Crippen LogP) is 1.64. The zero-order valence-electron chi connectivity index (χ0n) is 16.8. The molecule has 7 nitrogen and oxygen atoms in total.